The minimum absolute atomic E-state index is 0.0633. The molecule has 1 N–H and O–H groups in total. The van der Waals surface area contributed by atoms with Crippen LogP contribution in [0, 0.1) is 17.5 Å². The van der Waals surface area contributed by atoms with Gasteiger partial charge in [0.1, 0.15) is 17.3 Å². The van der Waals surface area contributed by atoms with E-state index in [1.807, 2.05) is 6.07 Å². The second kappa shape index (κ2) is 9.78. The monoisotopic (exact) mass is 441 g/mol. The van der Waals surface area contributed by atoms with E-state index < -0.39 is 48.2 Å². The first-order valence-corrected chi connectivity index (χ1v) is 14.9. The summed E-state index contributed by atoms with van der Waals surface area (Å²) < 4.78 is 39.9. The van der Waals surface area contributed by atoms with Crippen molar-refractivity contribution >= 4 is 43.8 Å². The van der Waals surface area contributed by atoms with Crippen molar-refractivity contribution < 1.29 is 35.3 Å². The summed E-state index contributed by atoms with van der Waals surface area (Å²) in [6.07, 6.45) is 1.18. The van der Waals surface area contributed by atoms with Gasteiger partial charge >= 0.3 is 35.6 Å². The first-order chi connectivity index (χ1) is 11.6. The molecule has 0 aromatic heterocycles. The van der Waals surface area contributed by atoms with Gasteiger partial charge in [-0.2, -0.15) is 0 Å². The topological polar surface area (TPSA) is 32.6 Å². The molecule has 0 amide bonds. The summed E-state index contributed by atoms with van der Waals surface area (Å²) in [6.45, 7) is 6.22. The second-order valence-corrected chi connectivity index (χ2v) is 13.7. The van der Waals surface area contributed by atoms with Crippen LogP contribution in [0.15, 0.2) is 35.3 Å². The Hall–Kier alpha value is -0.789. The Kier molecular flexibility index (Phi) is 8.71. The van der Waals surface area contributed by atoms with E-state index in [9.17, 15) is 18.3 Å². The summed E-state index contributed by atoms with van der Waals surface area (Å²) in [4.78, 5) is 3.71. The van der Waals surface area contributed by atoms with E-state index in [1.165, 1.54) is 6.21 Å². The van der Waals surface area contributed by atoms with E-state index in [1.54, 1.807) is 12.1 Å². The number of aromatic hydroxyl groups is 1. The van der Waals surface area contributed by atoms with Crippen LogP contribution in [-0.4, -0.2) is 19.4 Å². The molecule has 0 aliphatic heterocycles. The molecule has 0 radical (unpaired) electrons. The summed E-state index contributed by atoms with van der Waals surface area (Å²) in [5.41, 5.74) is -0.220. The predicted octanol–water partition coefficient (Wildman–Crippen LogP) is 5.48. The van der Waals surface area contributed by atoms with Gasteiger partial charge in [-0.05, 0) is 11.3 Å². The van der Waals surface area contributed by atoms with Gasteiger partial charge in [-0.3, -0.25) is 0 Å². The molecule has 0 bridgehead atoms. The van der Waals surface area contributed by atoms with Crippen LogP contribution in [-0.2, 0) is 17.0 Å². The summed E-state index contributed by atoms with van der Waals surface area (Å²) in [7, 11) is 8.02. The molecule has 2 aromatic carbocycles. The number of hydrogen-bond donors (Lipinski definition) is 1. The summed E-state index contributed by atoms with van der Waals surface area (Å²) in [5, 5.41) is 11.1. The molecule has 9 heteroatoms. The molecule has 0 spiro atoms. The van der Waals surface area contributed by atoms with Crippen molar-refractivity contribution in [1.29, 1.82) is 0 Å². The molecular formula is C16H16Cl2F3NOSiTi. The molecule has 0 aliphatic carbocycles. The Balaban J connectivity index is 0.000000970. The first kappa shape index (κ1) is 22.3. The Morgan fingerprint density at radius 2 is 1.60 bits per heavy atom. The number of aliphatic imine (C=N–C) groups is 1. The molecule has 0 fully saturated rings. The van der Waals surface area contributed by atoms with Crippen LogP contribution in [0.4, 0.5) is 18.9 Å². The standard InChI is InChI=1S/C16H16F3NOSi.2ClH.Ti/c1-22(2,3)14-6-4-5-10(16(14)21)9-20-15-12(18)7-11(17)8-13(15)19;;;/h4-9,21H,1-3H3;2*1H;/q;;;+2/p-2. The van der Waals surface area contributed by atoms with Gasteiger partial charge in [0, 0.05) is 23.9 Å². The van der Waals surface area contributed by atoms with Crippen LogP contribution in [0.2, 0.25) is 19.6 Å². The summed E-state index contributed by atoms with van der Waals surface area (Å²) in [6, 6.07) is 6.31. The fourth-order valence-electron chi connectivity index (χ4n) is 2.06. The van der Waals surface area contributed by atoms with Crippen molar-refractivity contribution in [1.82, 2.24) is 0 Å². The number of nitrogens with zero attached hydrogens (tertiary/aromatic N) is 1. The molecule has 134 valence electrons. The maximum atomic E-state index is 13.5. The van der Waals surface area contributed by atoms with Crippen LogP contribution in [0.1, 0.15) is 5.56 Å². The van der Waals surface area contributed by atoms with Crippen LogP contribution in [0.25, 0.3) is 0 Å². The van der Waals surface area contributed by atoms with Gasteiger partial charge in [0.15, 0.2) is 11.6 Å². The number of benzene rings is 2. The Morgan fingerprint density at radius 1 is 1.08 bits per heavy atom. The number of phenols is 1. The summed E-state index contributed by atoms with van der Waals surface area (Å²) in [5.74, 6) is -3.12. The minimum atomic E-state index is -1.76. The molecule has 2 nitrogen and oxygen atoms in total. The third-order valence-corrected chi connectivity index (χ3v) is 5.21. The third-order valence-electron chi connectivity index (χ3n) is 3.19. The van der Waals surface area contributed by atoms with Gasteiger partial charge in [-0.1, -0.05) is 31.8 Å². The van der Waals surface area contributed by atoms with Crippen molar-refractivity contribution in [3.8, 4) is 5.75 Å². The maximum absolute atomic E-state index is 13.5. The van der Waals surface area contributed by atoms with Crippen molar-refractivity contribution in [3.05, 3.63) is 53.3 Å². The van der Waals surface area contributed by atoms with Crippen LogP contribution >= 0.6 is 18.6 Å². The zero-order valence-electron chi connectivity index (χ0n) is 13.7. The second-order valence-electron chi connectivity index (χ2n) is 6.04. The summed E-state index contributed by atoms with van der Waals surface area (Å²) >= 11 is -0.556. The number of para-hydroxylation sites is 1. The van der Waals surface area contributed by atoms with Gasteiger partial charge < -0.3 is 5.11 Å². The van der Waals surface area contributed by atoms with E-state index >= 15 is 0 Å². The van der Waals surface area contributed by atoms with Crippen molar-refractivity contribution in [2.75, 3.05) is 0 Å². The van der Waals surface area contributed by atoms with Crippen molar-refractivity contribution in [2.45, 2.75) is 19.6 Å². The van der Waals surface area contributed by atoms with E-state index in [4.69, 9.17) is 18.6 Å². The van der Waals surface area contributed by atoms with Crippen molar-refractivity contribution in [3.63, 3.8) is 0 Å². The number of rotatable bonds is 3. The molecule has 0 unspecified atom stereocenters. The van der Waals surface area contributed by atoms with Crippen LogP contribution in [0.5, 0.6) is 5.75 Å². The number of halogens is 5. The molecule has 2 rings (SSSR count). The normalized spacial score (nSPS) is 11.2. The Bertz CT molecular complexity index is 747. The van der Waals surface area contributed by atoms with E-state index in [0.29, 0.717) is 17.7 Å². The molecule has 0 atom stereocenters. The van der Waals surface area contributed by atoms with Crippen LogP contribution < -0.4 is 5.19 Å². The predicted molar refractivity (Wildman–Crippen MR) is 96.4 cm³/mol. The number of hydrogen-bond acceptors (Lipinski definition) is 2. The first-order valence-electron chi connectivity index (χ1n) is 7.09. The van der Waals surface area contributed by atoms with Crippen LogP contribution in [0.3, 0.4) is 0 Å². The van der Waals surface area contributed by atoms with Gasteiger partial charge in [-0.15, -0.1) is 0 Å². The Labute approximate surface area is 162 Å². The van der Waals surface area contributed by atoms with Gasteiger partial charge in [-0.25, -0.2) is 18.2 Å². The fourth-order valence-corrected chi connectivity index (χ4v) is 3.51. The average Bonchev–Trinajstić information content (AvgIpc) is 2.47. The average molecular weight is 442 g/mol. The molecule has 0 heterocycles. The molecule has 2 aromatic rings. The van der Waals surface area contributed by atoms with Crippen molar-refractivity contribution in [2.24, 2.45) is 4.99 Å². The number of phenolic OH excluding ortho intramolecular Hbond substituents is 1. The van der Waals surface area contributed by atoms with E-state index in [-0.39, 0.29) is 5.75 Å². The molecule has 0 saturated carbocycles. The SMILES string of the molecule is C[Si](C)(C)c1cccc(C=Nc2c(F)cc(F)cc2F)c1O.[Cl][Ti][Cl]. The molecule has 0 aliphatic rings. The molecule has 25 heavy (non-hydrogen) atoms. The Morgan fingerprint density at radius 3 is 2.08 bits per heavy atom. The fraction of sp³-hybridized carbons (Fsp3) is 0.188. The zero-order valence-corrected chi connectivity index (χ0v) is 17.8. The quantitative estimate of drug-likeness (QED) is 0.496. The van der Waals surface area contributed by atoms with Gasteiger partial charge in [0.2, 0.25) is 0 Å². The van der Waals surface area contributed by atoms with Gasteiger partial charge in [0.25, 0.3) is 0 Å². The zero-order chi connectivity index (χ0) is 19.2. The van der Waals surface area contributed by atoms with E-state index in [0.717, 1.165) is 5.19 Å². The van der Waals surface area contributed by atoms with Gasteiger partial charge in [0.05, 0.1) is 8.07 Å². The molecular weight excluding hydrogens is 426 g/mol. The molecule has 0 saturated heterocycles. The third kappa shape index (κ3) is 6.46. The van der Waals surface area contributed by atoms with E-state index in [2.05, 4.69) is 24.6 Å².